The smallest absolute Gasteiger partial charge is 0.294 e. The van der Waals surface area contributed by atoms with Gasteiger partial charge in [0.1, 0.15) is 17.3 Å². The van der Waals surface area contributed by atoms with Crippen LogP contribution in [0.1, 0.15) is 21.9 Å². The molecule has 1 N–H and O–H groups in total. The van der Waals surface area contributed by atoms with E-state index in [1.807, 2.05) is 66.2 Å². The lowest BCUT2D eigenvalue weighted by molar-refractivity contribution is 0.0988. The van der Waals surface area contributed by atoms with Gasteiger partial charge in [-0.1, -0.05) is 23.4 Å². The van der Waals surface area contributed by atoms with Crippen molar-refractivity contribution in [3.63, 3.8) is 0 Å². The van der Waals surface area contributed by atoms with Crippen molar-refractivity contribution in [1.29, 1.82) is 0 Å². The molecule has 0 radical (unpaired) electrons. The molecule has 0 aliphatic rings. The average Bonchev–Trinajstić information content (AvgIpc) is 3.39. The molecule has 4 aromatic rings. The molecule has 2 aromatic heterocycles. The van der Waals surface area contributed by atoms with Gasteiger partial charge in [0, 0.05) is 29.7 Å². The minimum absolute atomic E-state index is 0.143. The number of hydrogen-bond acceptors (Lipinski definition) is 5. The van der Waals surface area contributed by atoms with Crippen LogP contribution in [-0.4, -0.2) is 27.7 Å². The highest BCUT2D eigenvalue weighted by atomic mass is 16.5. The number of aromatic nitrogens is 3. The Morgan fingerprint density at radius 2 is 1.97 bits per heavy atom. The third kappa shape index (κ3) is 4.03. The zero-order valence-electron chi connectivity index (χ0n) is 16.1. The number of carbonyl (C=O) groups excluding carboxylic acids is 1. The lowest BCUT2D eigenvalue weighted by Crippen LogP contribution is -2.13. The second-order valence-electron chi connectivity index (χ2n) is 6.52. The molecule has 0 bridgehead atoms. The van der Waals surface area contributed by atoms with Crippen LogP contribution in [0.25, 0.3) is 11.3 Å². The van der Waals surface area contributed by atoms with Crippen LogP contribution in [0, 0.1) is 6.92 Å². The zero-order chi connectivity index (χ0) is 20.2. The van der Waals surface area contributed by atoms with Crippen LogP contribution in [0.5, 0.6) is 5.75 Å². The summed E-state index contributed by atoms with van der Waals surface area (Å²) in [7, 11) is 1.61. The Labute approximate surface area is 167 Å². The van der Waals surface area contributed by atoms with Crippen molar-refractivity contribution >= 4 is 11.6 Å². The number of benzene rings is 2. The highest BCUT2D eigenvalue weighted by Gasteiger charge is 2.16. The lowest BCUT2D eigenvalue weighted by atomic mass is 10.1. The second kappa shape index (κ2) is 8.02. The van der Waals surface area contributed by atoms with Crippen LogP contribution >= 0.6 is 0 Å². The topological polar surface area (TPSA) is 82.2 Å². The summed E-state index contributed by atoms with van der Waals surface area (Å²) in [5, 5.41) is 6.93. The van der Waals surface area contributed by atoms with E-state index in [2.05, 4.69) is 15.5 Å². The highest BCUT2D eigenvalue weighted by Crippen LogP contribution is 2.23. The fourth-order valence-electron chi connectivity index (χ4n) is 3.00. The van der Waals surface area contributed by atoms with Gasteiger partial charge in [-0.2, -0.15) is 0 Å². The number of aryl methyl sites for hydroxylation is 1. The van der Waals surface area contributed by atoms with Crippen molar-refractivity contribution < 1.29 is 14.1 Å². The van der Waals surface area contributed by atoms with E-state index < -0.39 is 0 Å². The van der Waals surface area contributed by atoms with Gasteiger partial charge in [0.25, 0.3) is 5.91 Å². The van der Waals surface area contributed by atoms with Gasteiger partial charge >= 0.3 is 0 Å². The minimum atomic E-state index is -0.355. The van der Waals surface area contributed by atoms with Crippen LogP contribution in [0.15, 0.2) is 71.5 Å². The zero-order valence-corrected chi connectivity index (χ0v) is 16.1. The molecular formula is C22H20N4O3. The fourth-order valence-corrected chi connectivity index (χ4v) is 3.00. The average molecular weight is 388 g/mol. The van der Waals surface area contributed by atoms with Gasteiger partial charge in [0.05, 0.1) is 13.7 Å². The van der Waals surface area contributed by atoms with Crippen LogP contribution in [0.3, 0.4) is 0 Å². The van der Waals surface area contributed by atoms with Gasteiger partial charge in [0.2, 0.25) is 5.76 Å². The first-order valence-electron chi connectivity index (χ1n) is 9.12. The SMILES string of the molecule is COc1ccc(-c2cc(C(=O)Nc3ccccc3Cn3ccnc3C)on2)cc1. The molecule has 0 saturated heterocycles. The number of carbonyl (C=O) groups is 1. The largest absolute Gasteiger partial charge is 0.497 e. The minimum Gasteiger partial charge on any atom is -0.497 e. The number of imidazole rings is 1. The molecule has 0 fully saturated rings. The van der Waals surface area contributed by atoms with Crippen LogP contribution in [0.4, 0.5) is 5.69 Å². The van der Waals surface area contributed by atoms with Crippen molar-refractivity contribution in [2.75, 3.05) is 12.4 Å². The molecule has 0 unspecified atom stereocenters. The summed E-state index contributed by atoms with van der Waals surface area (Å²) in [5.41, 5.74) is 3.11. The molecule has 29 heavy (non-hydrogen) atoms. The van der Waals surface area contributed by atoms with Gasteiger partial charge in [-0.15, -0.1) is 0 Å². The molecule has 146 valence electrons. The maximum Gasteiger partial charge on any atom is 0.294 e. The van der Waals surface area contributed by atoms with Gasteiger partial charge < -0.3 is 19.1 Å². The van der Waals surface area contributed by atoms with Gasteiger partial charge in [-0.05, 0) is 42.8 Å². The molecular weight excluding hydrogens is 368 g/mol. The normalized spacial score (nSPS) is 10.7. The van der Waals surface area contributed by atoms with E-state index in [0.29, 0.717) is 17.9 Å². The van der Waals surface area contributed by atoms with Crippen molar-refractivity contribution in [3.05, 3.63) is 84.1 Å². The van der Waals surface area contributed by atoms with Crippen molar-refractivity contribution in [1.82, 2.24) is 14.7 Å². The Morgan fingerprint density at radius 3 is 2.69 bits per heavy atom. The Morgan fingerprint density at radius 1 is 1.17 bits per heavy atom. The third-order valence-corrected chi connectivity index (χ3v) is 4.65. The summed E-state index contributed by atoms with van der Waals surface area (Å²) < 4.78 is 12.4. The number of nitrogens with zero attached hydrogens (tertiary/aromatic N) is 3. The molecule has 0 saturated carbocycles. The predicted molar refractivity (Wildman–Crippen MR) is 109 cm³/mol. The predicted octanol–water partition coefficient (Wildman–Crippen LogP) is 4.16. The van der Waals surface area contributed by atoms with Gasteiger partial charge in [0.15, 0.2) is 0 Å². The van der Waals surface area contributed by atoms with E-state index in [4.69, 9.17) is 9.26 Å². The van der Waals surface area contributed by atoms with E-state index in [1.165, 1.54) is 0 Å². The maximum atomic E-state index is 12.7. The van der Waals surface area contributed by atoms with Crippen LogP contribution in [-0.2, 0) is 6.54 Å². The summed E-state index contributed by atoms with van der Waals surface area (Å²) in [6, 6.07) is 16.7. The molecule has 7 nitrogen and oxygen atoms in total. The first kappa shape index (κ1) is 18.5. The molecule has 7 heteroatoms. The van der Waals surface area contributed by atoms with E-state index in [0.717, 1.165) is 22.7 Å². The lowest BCUT2D eigenvalue weighted by Gasteiger charge is -2.11. The fraction of sp³-hybridized carbons (Fsp3) is 0.136. The first-order valence-corrected chi connectivity index (χ1v) is 9.12. The summed E-state index contributed by atoms with van der Waals surface area (Å²) in [6.45, 7) is 2.55. The highest BCUT2D eigenvalue weighted by molar-refractivity contribution is 6.03. The molecule has 0 aliphatic heterocycles. The molecule has 2 heterocycles. The number of hydrogen-bond donors (Lipinski definition) is 1. The number of para-hydroxylation sites is 1. The Kier molecular flexibility index (Phi) is 5.11. The third-order valence-electron chi connectivity index (χ3n) is 4.65. The molecule has 2 aromatic carbocycles. The molecule has 1 amide bonds. The number of rotatable bonds is 6. The Bertz CT molecular complexity index is 1130. The summed E-state index contributed by atoms with van der Waals surface area (Å²) in [6.07, 6.45) is 3.66. The standard InChI is InChI=1S/C22H20N4O3/c1-15-23-11-12-26(15)14-17-5-3-4-6-19(17)24-22(27)21-13-20(25-29-21)16-7-9-18(28-2)10-8-16/h3-13H,14H2,1-2H3,(H,24,27). The van der Waals surface area contributed by atoms with Gasteiger partial charge in [-0.3, -0.25) is 4.79 Å². The molecule has 0 aliphatic carbocycles. The van der Waals surface area contributed by atoms with Crippen LogP contribution in [0.2, 0.25) is 0 Å². The molecule has 4 rings (SSSR count). The van der Waals surface area contributed by atoms with Crippen molar-refractivity contribution in [2.24, 2.45) is 0 Å². The van der Waals surface area contributed by atoms with E-state index >= 15 is 0 Å². The number of ether oxygens (including phenoxy) is 1. The monoisotopic (exact) mass is 388 g/mol. The molecule has 0 atom stereocenters. The number of methoxy groups -OCH3 is 1. The molecule has 0 spiro atoms. The number of anilines is 1. The Hall–Kier alpha value is -3.87. The quantitative estimate of drug-likeness (QED) is 0.536. The maximum absolute atomic E-state index is 12.7. The first-order chi connectivity index (χ1) is 14.1. The van der Waals surface area contributed by atoms with Crippen LogP contribution < -0.4 is 10.1 Å². The van der Waals surface area contributed by atoms with Crippen molar-refractivity contribution in [3.8, 4) is 17.0 Å². The van der Waals surface area contributed by atoms with E-state index in [9.17, 15) is 4.79 Å². The van der Waals surface area contributed by atoms with E-state index in [-0.39, 0.29) is 11.7 Å². The summed E-state index contributed by atoms with van der Waals surface area (Å²) >= 11 is 0. The summed E-state index contributed by atoms with van der Waals surface area (Å²) in [5.74, 6) is 1.45. The number of nitrogens with one attached hydrogen (secondary N) is 1. The summed E-state index contributed by atoms with van der Waals surface area (Å²) in [4.78, 5) is 16.9. The van der Waals surface area contributed by atoms with E-state index in [1.54, 1.807) is 19.4 Å². The van der Waals surface area contributed by atoms with Gasteiger partial charge in [-0.25, -0.2) is 4.98 Å². The van der Waals surface area contributed by atoms with Crippen molar-refractivity contribution in [2.45, 2.75) is 13.5 Å². The Balaban J connectivity index is 1.51. The number of amides is 1. The second-order valence-corrected chi connectivity index (χ2v) is 6.52.